The average Bonchev–Trinajstić information content (AvgIpc) is 2.87. The molecule has 1 N–H and O–H groups in total. The Bertz CT molecular complexity index is 1400. The number of carbonyl (C=O) groups excluding carboxylic acids is 1. The minimum absolute atomic E-state index is 0.0164. The molecule has 2 aliphatic heterocycles. The lowest BCUT2D eigenvalue weighted by molar-refractivity contribution is -0.187. The number of esters is 1. The van der Waals surface area contributed by atoms with Crippen molar-refractivity contribution in [2.24, 2.45) is 0 Å². The maximum atomic E-state index is 13.0. The Hall–Kier alpha value is -1.44. The number of benzene rings is 2. The van der Waals surface area contributed by atoms with Crippen LogP contribution in [0, 0.1) is 7.14 Å². The van der Waals surface area contributed by atoms with Crippen LogP contribution in [-0.4, -0.2) is 54.5 Å². The minimum Gasteiger partial charge on any atom is -0.478 e. The van der Waals surface area contributed by atoms with Gasteiger partial charge in [0, 0.05) is 21.2 Å². The summed E-state index contributed by atoms with van der Waals surface area (Å²) >= 11 is 18.2. The zero-order valence-corrected chi connectivity index (χ0v) is 27.7. The Kier molecular flexibility index (Phi) is 12.5. The summed E-state index contributed by atoms with van der Waals surface area (Å²) in [6, 6.07) is 5.70. The minimum atomic E-state index is -4.80. The molecule has 2 aromatic carbocycles. The lowest BCUT2D eigenvalue weighted by Gasteiger charge is -2.28. The summed E-state index contributed by atoms with van der Waals surface area (Å²) in [6.07, 6.45) is -12.3. The summed E-state index contributed by atoms with van der Waals surface area (Å²) < 4.78 is 92.3. The van der Waals surface area contributed by atoms with Gasteiger partial charge in [0.25, 0.3) is 0 Å². The van der Waals surface area contributed by atoms with Crippen LogP contribution in [0.2, 0.25) is 10.0 Å². The highest BCUT2D eigenvalue weighted by Gasteiger charge is 2.50. The maximum absolute atomic E-state index is 13.0. The highest BCUT2D eigenvalue weighted by atomic mass is 127. The number of carboxylic acid groups (broad SMARTS) is 1. The number of carbonyl (C=O) groups is 2. The van der Waals surface area contributed by atoms with Gasteiger partial charge in [0.05, 0.1) is 25.4 Å². The van der Waals surface area contributed by atoms with Gasteiger partial charge >= 0.3 is 24.3 Å². The molecule has 224 valence electrons. The van der Waals surface area contributed by atoms with Crippen LogP contribution in [0.3, 0.4) is 0 Å². The molecule has 2 unspecified atom stereocenters. The third kappa shape index (κ3) is 8.79. The lowest BCUT2D eigenvalue weighted by atomic mass is 10.0. The van der Waals surface area contributed by atoms with Crippen LogP contribution in [0.4, 0.5) is 26.3 Å². The van der Waals surface area contributed by atoms with Crippen LogP contribution in [0.15, 0.2) is 35.4 Å². The Morgan fingerprint density at radius 2 is 1.20 bits per heavy atom. The monoisotopic (exact) mass is 916 g/mol. The fourth-order valence-electron chi connectivity index (χ4n) is 3.42. The van der Waals surface area contributed by atoms with Crippen molar-refractivity contribution in [2.75, 3.05) is 12.9 Å². The van der Waals surface area contributed by atoms with Crippen LogP contribution in [-0.2, 0) is 14.3 Å². The third-order valence-corrected chi connectivity index (χ3v) is 7.03. The second-order valence-corrected chi connectivity index (χ2v) is 10.9. The molecule has 0 bridgehead atoms. The van der Waals surface area contributed by atoms with E-state index >= 15 is 0 Å². The molecule has 2 aliphatic rings. The van der Waals surface area contributed by atoms with E-state index in [0.717, 1.165) is 19.3 Å². The van der Waals surface area contributed by atoms with E-state index < -0.39 is 47.6 Å². The molecule has 0 spiro atoms. The van der Waals surface area contributed by atoms with Gasteiger partial charge in [-0.05, 0) is 87.4 Å². The Morgan fingerprint density at radius 1 is 0.829 bits per heavy atom. The summed E-state index contributed by atoms with van der Waals surface area (Å²) in [5.74, 6) is -0.925. The van der Waals surface area contributed by atoms with Crippen LogP contribution < -0.4 is 9.47 Å². The van der Waals surface area contributed by atoms with E-state index in [-0.39, 0.29) is 22.1 Å². The first-order valence-electron chi connectivity index (χ1n) is 10.5. The molecule has 2 aromatic rings. The van der Waals surface area contributed by atoms with Gasteiger partial charge in [-0.2, -0.15) is 26.3 Å². The van der Waals surface area contributed by atoms with Crippen LogP contribution in [0.1, 0.15) is 11.1 Å². The molecule has 17 heteroatoms. The van der Waals surface area contributed by atoms with E-state index in [2.05, 4.69) is 20.7 Å². The quantitative estimate of drug-likeness (QED) is 0.141. The van der Waals surface area contributed by atoms with Crippen LogP contribution in [0.25, 0.3) is 12.2 Å². The smallest absolute Gasteiger partial charge is 0.430 e. The number of halogens is 11. The molecule has 0 saturated heterocycles. The van der Waals surface area contributed by atoms with E-state index in [1.807, 2.05) is 28.4 Å². The number of rotatable bonds is 2. The van der Waals surface area contributed by atoms with Crippen molar-refractivity contribution in [2.45, 2.75) is 24.6 Å². The van der Waals surface area contributed by atoms with Crippen molar-refractivity contribution < 1.29 is 55.2 Å². The van der Waals surface area contributed by atoms with Gasteiger partial charge in [-0.1, -0.05) is 39.1 Å². The predicted octanol–water partition coefficient (Wildman–Crippen LogP) is 8.57. The van der Waals surface area contributed by atoms with Crippen molar-refractivity contribution in [3.63, 3.8) is 0 Å². The number of carboxylic acids is 1. The maximum Gasteiger partial charge on any atom is 0.430 e. The highest BCUT2D eigenvalue weighted by molar-refractivity contribution is 14.1. The molecule has 41 heavy (non-hydrogen) atoms. The van der Waals surface area contributed by atoms with Crippen molar-refractivity contribution in [3.8, 4) is 11.5 Å². The summed E-state index contributed by atoms with van der Waals surface area (Å²) in [4.78, 5) is 22.4. The molecule has 2 atom stereocenters. The molecule has 0 fully saturated rings. The van der Waals surface area contributed by atoms with Crippen molar-refractivity contribution >= 4 is 108 Å². The number of aliphatic carboxylic acids is 1. The van der Waals surface area contributed by atoms with Gasteiger partial charge in [-0.25, -0.2) is 9.59 Å². The number of ether oxygens (including phenoxy) is 3. The van der Waals surface area contributed by atoms with Gasteiger partial charge in [-0.15, -0.1) is 0 Å². The van der Waals surface area contributed by atoms with E-state index in [4.69, 9.17) is 37.8 Å². The second kappa shape index (κ2) is 14.4. The summed E-state index contributed by atoms with van der Waals surface area (Å²) in [7, 11) is 1.01. The zero-order valence-electron chi connectivity index (χ0n) is 20.3. The fourth-order valence-corrected chi connectivity index (χ4v) is 5.79. The number of alkyl halides is 7. The Morgan fingerprint density at radius 3 is 1.54 bits per heavy atom. The first-order chi connectivity index (χ1) is 18.9. The number of hydrogen-bond acceptors (Lipinski definition) is 5. The molecule has 0 saturated carbocycles. The fraction of sp³-hybridized carbons (Fsp3) is 0.250. The molecule has 0 aliphatic carbocycles. The van der Waals surface area contributed by atoms with E-state index in [1.54, 1.807) is 22.6 Å². The first-order valence-corrected chi connectivity index (χ1v) is 15.0. The molecular weight excluding hydrogens is 903 g/mol. The topological polar surface area (TPSA) is 82.1 Å². The molecule has 2 heterocycles. The standard InChI is InChI=1S/C12H7ClF3IO3.C11H5ClF3IO3.CH3Br/c1-19-11(18)7-3-5-2-6(13)4-8(17)9(5)20-10(7)12(14,15)16;12-5-1-4-2-6(10(17)18)9(11(13,14)15)19-8(4)7(16)3-5;1-2/h2-4,10H,1H3;1-3,9H,(H,17,18);1H3. The molecule has 4 rings (SSSR count). The van der Waals surface area contributed by atoms with Crippen molar-refractivity contribution in [1.82, 2.24) is 0 Å². The van der Waals surface area contributed by atoms with Crippen LogP contribution >= 0.6 is 84.3 Å². The number of hydrogen-bond donors (Lipinski definition) is 1. The van der Waals surface area contributed by atoms with Gasteiger partial charge in [0.1, 0.15) is 11.5 Å². The largest absolute Gasteiger partial charge is 0.478 e. The summed E-state index contributed by atoms with van der Waals surface area (Å²) in [6.45, 7) is 0. The average molecular weight is 918 g/mol. The zero-order chi connectivity index (χ0) is 31.4. The van der Waals surface area contributed by atoms with Gasteiger partial charge in [-0.3, -0.25) is 0 Å². The number of fused-ring (bicyclic) bond motifs is 2. The van der Waals surface area contributed by atoms with Gasteiger partial charge < -0.3 is 19.3 Å². The van der Waals surface area contributed by atoms with Crippen molar-refractivity contribution in [1.29, 1.82) is 0 Å². The summed E-state index contributed by atoms with van der Waals surface area (Å²) in [5.41, 5.74) is -0.943. The summed E-state index contributed by atoms with van der Waals surface area (Å²) in [5, 5.41) is 9.48. The van der Waals surface area contributed by atoms with Crippen LogP contribution in [0.5, 0.6) is 11.5 Å². The van der Waals surface area contributed by atoms with Gasteiger partial charge in [0.15, 0.2) is 0 Å². The highest BCUT2D eigenvalue weighted by Crippen LogP contribution is 2.42. The second-order valence-electron chi connectivity index (χ2n) is 7.69. The van der Waals surface area contributed by atoms with E-state index in [9.17, 15) is 35.9 Å². The molecule has 6 nitrogen and oxygen atoms in total. The third-order valence-electron chi connectivity index (χ3n) is 5.00. The Labute approximate surface area is 274 Å². The van der Waals surface area contributed by atoms with Crippen molar-refractivity contribution in [3.05, 3.63) is 63.7 Å². The molecule has 0 aromatic heterocycles. The van der Waals surface area contributed by atoms with Gasteiger partial charge in [0.2, 0.25) is 12.2 Å². The molecule has 0 radical (unpaired) electrons. The van der Waals surface area contributed by atoms with E-state index in [1.165, 1.54) is 24.3 Å². The normalized spacial score (nSPS) is 17.4. The molecule has 0 amide bonds. The van der Waals surface area contributed by atoms with E-state index in [0.29, 0.717) is 17.7 Å². The predicted molar refractivity (Wildman–Crippen MR) is 160 cm³/mol. The first kappa shape index (κ1) is 35.8. The molecular formula is C24H15BrCl2F6I2O6. The SMILES string of the molecule is CBr.COC(=O)C1=Cc2cc(Cl)cc(I)c2OC1C(F)(F)F.O=C(O)C1=Cc2cc(Cl)cc(I)c2OC1C(F)(F)F. The Balaban J connectivity index is 0.000000271. The lowest BCUT2D eigenvalue weighted by Crippen LogP contribution is -2.40. The number of methoxy groups -OCH3 is 1.